The Kier molecular flexibility index (Phi) is 2.73. The minimum absolute atomic E-state index is 0.382. The molecule has 1 heterocycles. The fourth-order valence-corrected chi connectivity index (χ4v) is 3.17. The number of aryl methyl sites for hydroxylation is 1. The molecule has 0 amide bonds. The summed E-state index contributed by atoms with van der Waals surface area (Å²) in [5.41, 5.74) is 2.50. The van der Waals surface area contributed by atoms with E-state index in [9.17, 15) is 0 Å². The highest BCUT2D eigenvalue weighted by Gasteiger charge is 2.35. The molecule has 3 atom stereocenters. The number of hydrogen-bond acceptors (Lipinski definition) is 2. The number of para-hydroxylation sites is 1. The highest BCUT2D eigenvalue weighted by molar-refractivity contribution is 5.63. The van der Waals surface area contributed by atoms with Gasteiger partial charge in [0.2, 0.25) is 0 Å². The molecule has 1 saturated carbocycles. The molecule has 17 heavy (non-hydrogen) atoms. The molecule has 2 heteroatoms. The highest BCUT2D eigenvalue weighted by Crippen LogP contribution is 2.40. The van der Waals surface area contributed by atoms with Crippen molar-refractivity contribution in [3.63, 3.8) is 0 Å². The lowest BCUT2D eigenvalue weighted by atomic mass is 9.81. The third kappa shape index (κ3) is 1.90. The Morgan fingerprint density at radius 1 is 1.35 bits per heavy atom. The van der Waals surface area contributed by atoms with Crippen LogP contribution in [0, 0.1) is 12.8 Å². The van der Waals surface area contributed by atoms with E-state index in [0.29, 0.717) is 12.1 Å². The predicted octanol–water partition coefficient (Wildman–Crippen LogP) is 3.75. The van der Waals surface area contributed by atoms with Crippen LogP contribution in [0.3, 0.4) is 0 Å². The minimum atomic E-state index is 0.382. The number of nitrogens with one attached hydrogen (secondary N) is 1. The second-order valence-corrected chi connectivity index (χ2v) is 5.44. The van der Waals surface area contributed by atoms with Crippen LogP contribution in [-0.2, 0) is 0 Å². The Hall–Kier alpha value is -1.18. The average molecular weight is 231 g/mol. The van der Waals surface area contributed by atoms with Gasteiger partial charge in [0.1, 0.15) is 11.9 Å². The molecule has 0 aromatic heterocycles. The summed E-state index contributed by atoms with van der Waals surface area (Å²) in [4.78, 5) is 0. The Morgan fingerprint density at radius 2 is 2.24 bits per heavy atom. The molecule has 0 radical (unpaired) electrons. The second-order valence-electron chi connectivity index (χ2n) is 5.44. The van der Waals surface area contributed by atoms with Crippen LogP contribution >= 0.6 is 0 Å². The molecule has 3 unspecified atom stereocenters. The Bertz CT molecular complexity index is 415. The van der Waals surface area contributed by atoms with Gasteiger partial charge in [-0.3, -0.25) is 0 Å². The fourth-order valence-electron chi connectivity index (χ4n) is 3.17. The lowest BCUT2D eigenvalue weighted by Gasteiger charge is -2.41. The van der Waals surface area contributed by atoms with E-state index in [4.69, 9.17) is 4.74 Å². The van der Waals surface area contributed by atoms with Crippen LogP contribution < -0.4 is 10.1 Å². The van der Waals surface area contributed by atoms with Crippen LogP contribution in [0.25, 0.3) is 0 Å². The lowest BCUT2D eigenvalue weighted by Crippen LogP contribution is -2.45. The second kappa shape index (κ2) is 4.25. The number of anilines is 1. The van der Waals surface area contributed by atoms with E-state index in [0.717, 1.165) is 11.7 Å². The molecule has 2 nitrogen and oxygen atoms in total. The monoisotopic (exact) mass is 231 g/mol. The van der Waals surface area contributed by atoms with Gasteiger partial charge in [0.15, 0.2) is 0 Å². The third-order valence-electron chi connectivity index (χ3n) is 4.32. The van der Waals surface area contributed by atoms with Gasteiger partial charge in [-0.25, -0.2) is 0 Å². The van der Waals surface area contributed by atoms with Crippen molar-refractivity contribution in [2.45, 2.75) is 51.7 Å². The summed E-state index contributed by atoms with van der Waals surface area (Å²) in [6.07, 6.45) is 5.46. The topological polar surface area (TPSA) is 21.3 Å². The molecule has 0 bridgehead atoms. The number of ether oxygens (including phenoxy) is 1. The molecule has 2 aliphatic rings. The molecular formula is C15H21NO. The lowest BCUT2D eigenvalue weighted by molar-refractivity contribution is 0.107. The SMILES string of the molecule is CCC1CCC2Oc3cccc(C)c3NC2C1. The van der Waals surface area contributed by atoms with Gasteiger partial charge in [-0.15, -0.1) is 0 Å². The van der Waals surface area contributed by atoms with Crippen molar-refractivity contribution in [3.8, 4) is 5.75 Å². The Balaban J connectivity index is 1.85. The van der Waals surface area contributed by atoms with Crippen molar-refractivity contribution >= 4 is 5.69 Å². The van der Waals surface area contributed by atoms with E-state index >= 15 is 0 Å². The van der Waals surface area contributed by atoms with Gasteiger partial charge in [-0.05, 0) is 43.7 Å². The zero-order chi connectivity index (χ0) is 11.8. The maximum atomic E-state index is 6.15. The molecule has 1 aliphatic heterocycles. The summed E-state index contributed by atoms with van der Waals surface area (Å²) in [6.45, 7) is 4.45. The van der Waals surface area contributed by atoms with Crippen molar-refractivity contribution < 1.29 is 4.74 Å². The van der Waals surface area contributed by atoms with Crippen LogP contribution in [0.5, 0.6) is 5.75 Å². The van der Waals surface area contributed by atoms with Gasteiger partial charge in [0.05, 0.1) is 11.7 Å². The number of hydrogen-bond donors (Lipinski definition) is 1. The van der Waals surface area contributed by atoms with Crippen LogP contribution in [0.15, 0.2) is 18.2 Å². The molecule has 0 saturated heterocycles. The first-order valence-corrected chi connectivity index (χ1v) is 6.80. The molecule has 1 aliphatic carbocycles. The molecule has 1 aromatic rings. The van der Waals surface area contributed by atoms with E-state index in [2.05, 4.69) is 37.4 Å². The Labute approximate surface area is 103 Å². The van der Waals surface area contributed by atoms with Crippen molar-refractivity contribution in [2.75, 3.05) is 5.32 Å². The zero-order valence-electron chi connectivity index (χ0n) is 10.7. The highest BCUT2D eigenvalue weighted by atomic mass is 16.5. The number of fused-ring (bicyclic) bond motifs is 2. The largest absolute Gasteiger partial charge is 0.486 e. The smallest absolute Gasteiger partial charge is 0.143 e. The Morgan fingerprint density at radius 3 is 3.06 bits per heavy atom. The summed E-state index contributed by atoms with van der Waals surface area (Å²) < 4.78 is 6.15. The van der Waals surface area contributed by atoms with E-state index in [-0.39, 0.29) is 0 Å². The van der Waals surface area contributed by atoms with E-state index in [1.165, 1.54) is 36.9 Å². The molecular weight excluding hydrogens is 210 g/mol. The van der Waals surface area contributed by atoms with Gasteiger partial charge in [0.25, 0.3) is 0 Å². The molecule has 1 N–H and O–H groups in total. The summed E-state index contributed by atoms with van der Waals surface area (Å²) in [5, 5.41) is 3.71. The maximum absolute atomic E-state index is 6.15. The number of benzene rings is 1. The molecule has 1 fully saturated rings. The summed E-state index contributed by atoms with van der Waals surface area (Å²) >= 11 is 0. The van der Waals surface area contributed by atoms with Crippen molar-refractivity contribution in [1.29, 1.82) is 0 Å². The van der Waals surface area contributed by atoms with Gasteiger partial charge in [-0.1, -0.05) is 25.5 Å². The normalized spacial score (nSPS) is 30.8. The van der Waals surface area contributed by atoms with Crippen molar-refractivity contribution in [1.82, 2.24) is 0 Å². The molecule has 92 valence electrons. The summed E-state index contributed by atoms with van der Waals surface area (Å²) in [7, 11) is 0. The van der Waals surface area contributed by atoms with E-state index < -0.39 is 0 Å². The maximum Gasteiger partial charge on any atom is 0.143 e. The van der Waals surface area contributed by atoms with Gasteiger partial charge in [-0.2, -0.15) is 0 Å². The van der Waals surface area contributed by atoms with Crippen LogP contribution in [0.4, 0.5) is 5.69 Å². The first kappa shape index (κ1) is 10.9. The summed E-state index contributed by atoms with van der Waals surface area (Å²) in [5.74, 6) is 1.92. The van der Waals surface area contributed by atoms with Crippen molar-refractivity contribution in [2.24, 2.45) is 5.92 Å². The van der Waals surface area contributed by atoms with Gasteiger partial charge < -0.3 is 10.1 Å². The standard InChI is InChI=1S/C15H21NO/c1-3-11-7-8-13-12(9-11)16-15-10(2)5-4-6-14(15)17-13/h4-6,11-13,16H,3,7-9H2,1-2H3. The molecule has 3 rings (SSSR count). The predicted molar refractivity (Wildman–Crippen MR) is 70.6 cm³/mol. The average Bonchev–Trinajstić information content (AvgIpc) is 2.37. The van der Waals surface area contributed by atoms with Crippen LogP contribution in [-0.4, -0.2) is 12.1 Å². The third-order valence-corrected chi connectivity index (χ3v) is 4.32. The van der Waals surface area contributed by atoms with Crippen LogP contribution in [0.2, 0.25) is 0 Å². The first-order chi connectivity index (χ1) is 8.28. The quantitative estimate of drug-likeness (QED) is 0.795. The van der Waals surface area contributed by atoms with Crippen LogP contribution in [0.1, 0.15) is 38.2 Å². The van der Waals surface area contributed by atoms with E-state index in [1.54, 1.807) is 0 Å². The zero-order valence-corrected chi connectivity index (χ0v) is 10.7. The first-order valence-electron chi connectivity index (χ1n) is 6.80. The summed E-state index contributed by atoms with van der Waals surface area (Å²) in [6, 6.07) is 6.82. The minimum Gasteiger partial charge on any atom is -0.486 e. The fraction of sp³-hybridized carbons (Fsp3) is 0.600. The van der Waals surface area contributed by atoms with Crippen molar-refractivity contribution in [3.05, 3.63) is 23.8 Å². The van der Waals surface area contributed by atoms with E-state index in [1.807, 2.05) is 0 Å². The molecule has 1 aromatic carbocycles. The van der Waals surface area contributed by atoms with Gasteiger partial charge >= 0.3 is 0 Å². The number of rotatable bonds is 1. The molecule has 0 spiro atoms. The van der Waals surface area contributed by atoms with Gasteiger partial charge in [0, 0.05) is 0 Å².